The van der Waals surface area contributed by atoms with Gasteiger partial charge in [-0.25, -0.2) is 0 Å². The molecule has 1 aromatic carbocycles. The van der Waals surface area contributed by atoms with Gasteiger partial charge in [-0.15, -0.1) is 0 Å². The number of rotatable bonds is 6. The fraction of sp³-hybridized carbons (Fsp3) is 0.316. The summed E-state index contributed by atoms with van der Waals surface area (Å²) in [4.78, 5) is 28.4. The van der Waals surface area contributed by atoms with Crippen molar-refractivity contribution in [2.45, 2.75) is 39.8 Å². The molecule has 0 fully saturated rings. The molecule has 126 valence electrons. The van der Waals surface area contributed by atoms with Gasteiger partial charge in [0.2, 0.25) is 0 Å². The molecule has 1 heterocycles. The summed E-state index contributed by atoms with van der Waals surface area (Å²) in [5, 5.41) is 5.72. The van der Waals surface area contributed by atoms with Crippen molar-refractivity contribution >= 4 is 11.8 Å². The fourth-order valence-electron chi connectivity index (χ4n) is 2.20. The summed E-state index contributed by atoms with van der Waals surface area (Å²) in [6.07, 6.45) is 3.77. The third-order valence-electron chi connectivity index (χ3n) is 3.79. The average Bonchev–Trinajstić information content (AvgIpc) is 2.59. The van der Waals surface area contributed by atoms with Gasteiger partial charge in [-0.2, -0.15) is 0 Å². The molecule has 0 aliphatic rings. The number of pyridine rings is 1. The molecular weight excluding hydrogens is 302 g/mol. The molecule has 0 radical (unpaired) electrons. The van der Waals surface area contributed by atoms with Gasteiger partial charge in [0.25, 0.3) is 11.8 Å². The van der Waals surface area contributed by atoms with Gasteiger partial charge >= 0.3 is 0 Å². The lowest BCUT2D eigenvalue weighted by molar-refractivity contribution is 0.0939. The molecule has 0 aliphatic heterocycles. The lowest BCUT2D eigenvalue weighted by atomic mass is 10.1. The summed E-state index contributed by atoms with van der Waals surface area (Å²) >= 11 is 0. The van der Waals surface area contributed by atoms with E-state index in [-0.39, 0.29) is 17.9 Å². The Morgan fingerprint density at radius 2 is 1.83 bits per heavy atom. The van der Waals surface area contributed by atoms with Crippen molar-refractivity contribution in [2.24, 2.45) is 0 Å². The highest BCUT2D eigenvalue weighted by Crippen LogP contribution is 2.06. The van der Waals surface area contributed by atoms with Crippen molar-refractivity contribution in [3.8, 4) is 0 Å². The number of carbonyl (C=O) groups is 2. The van der Waals surface area contributed by atoms with Crippen LogP contribution in [-0.4, -0.2) is 22.8 Å². The number of aromatic nitrogens is 1. The first-order valence-corrected chi connectivity index (χ1v) is 8.09. The van der Waals surface area contributed by atoms with Gasteiger partial charge in [-0.3, -0.25) is 14.6 Å². The molecule has 0 bridgehead atoms. The minimum Gasteiger partial charge on any atom is -0.350 e. The van der Waals surface area contributed by atoms with E-state index in [2.05, 4.69) is 15.6 Å². The van der Waals surface area contributed by atoms with E-state index in [1.54, 1.807) is 6.07 Å². The Balaban J connectivity index is 2.02. The number of amides is 2. The fourth-order valence-corrected chi connectivity index (χ4v) is 2.20. The lowest BCUT2D eigenvalue weighted by Crippen LogP contribution is -2.32. The van der Waals surface area contributed by atoms with E-state index in [1.165, 1.54) is 12.4 Å². The third-order valence-corrected chi connectivity index (χ3v) is 3.79. The minimum absolute atomic E-state index is 0.0799. The number of carbonyl (C=O) groups excluding carboxylic acids is 2. The predicted octanol–water partition coefficient (Wildman–Crippen LogP) is 2.85. The quantitative estimate of drug-likeness (QED) is 0.858. The van der Waals surface area contributed by atoms with Crippen LogP contribution < -0.4 is 10.6 Å². The van der Waals surface area contributed by atoms with Crippen molar-refractivity contribution < 1.29 is 9.59 Å². The zero-order valence-electron chi connectivity index (χ0n) is 14.3. The lowest BCUT2D eigenvalue weighted by Gasteiger charge is -2.11. The number of nitrogens with one attached hydrogen (secondary N) is 2. The molecule has 5 heteroatoms. The molecule has 2 rings (SSSR count). The van der Waals surface area contributed by atoms with Crippen molar-refractivity contribution in [1.82, 2.24) is 15.6 Å². The number of benzene rings is 1. The molecule has 1 aromatic heterocycles. The second-order valence-corrected chi connectivity index (χ2v) is 5.92. The average molecular weight is 325 g/mol. The van der Waals surface area contributed by atoms with Crippen LogP contribution in [0.25, 0.3) is 0 Å². The normalized spacial score (nSPS) is 11.6. The van der Waals surface area contributed by atoms with E-state index in [9.17, 15) is 9.59 Å². The van der Waals surface area contributed by atoms with E-state index in [4.69, 9.17) is 0 Å². The van der Waals surface area contributed by atoms with E-state index in [1.807, 2.05) is 45.0 Å². The van der Waals surface area contributed by atoms with Crippen molar-refractivity contribution in [2.75, 3.05) is 0 Å². The Hall–Kier alpha value is -2.69. The van der Waals surface area contributed by atoms with Crippen LogP contribution in [0.3, 0.4) is 0 Å². The van der Waals surface area contributed by atoms with Gasteiger partial charge in [0.05, 0.1) is 11.1 Å². The molecule has 0 spiro atoms. The SMILES string of the molecule is CCC(C)NC(=O)c1cncc(C(=O)NCc2cccc(C)c2)c1. The number of nitrogens with zero attached hydrogens (tertiary/aromatic N) is 1. The summed E-state index contributed by atoms with van der Waals surface area (Å²) in [5.41, 5.74) is 2.94. The Morgan fingerprint density at radius 1 is 1.12 bits per heavy atom. The van der Waals surface area contributed by atoms with Crippen molar-refractivity contribution in [3.63, 3.8) is 0 Å². The maximum atomic E-state index is 12.3. The van der Waals surface area contributed by atoms with Gasteiger partial charge in [-0.1, -0.05) is 36.8 Å². The highest BCUT2D eigenvalue weighted by molar-refractivity contribution is 5.99. The van der Waals surface area contributed by atoms with Gasteiger partial charge in [-0.05, 0) is 31.9 Å². The summed E-state index contributed by atoms with van der Waals surface area (Å²) < 4.78 is 0. The highest BCUT2D eigenvalue weighted by Gasteiger charge is 2.12. The van der Waals surface area contributed by atoms with Crippen LogP contribution in [0, 0.1) is 6.92 Å². The molecule has 24 heavy (non-hydrogen) atoms. The van der Waals surface area contributed by atoms with Crippen LogP contribution in [0.2, 0.25) is 0 Å². The van der Waals surface area contributed by atoms with Crippen LogP contribution in [0.15, 0.2) is 42.7 Å². The number of aryl methyl sites for hydroxylation is 1. The Labute approximate surface area is 142 Å². The first-order valence-electron chi connectivity index (χ1n) is 8.09. The molecule has 0 aliphatic carbocycles. The largest absolute Gasteiger partial charge is 0.350 e. The molecular formula is C19H23N3O2. The summed E-state index contributed by atoms with van der Waals surface area (Å²) in [7, 11) is 0. The van der Waals surface area contributed by atoms with Crippen LogP contribution in [0.1, 0.15) is 52.1 Å². The van der Waals surface area contributed by atoms with Crippen LogP contribution in [-0.2, 0) is 6.54 Å². The van der Waals surface area contributed by atoms with E-state index in [0.717, 1.165) is 17.5 Å². The topological polar surface area (TPSA) is 71.1 Å². The van der Waals surface area contributed by atoms with Crippen molar-refractivity contribution in [1.29, 1.82) is 0 Å². The van der Waals surface area contributed by atoms with Gasteiger partial charge in [0.15, 0.2) is 0 Å². The highest BCUT2D eigenvalue weighted by atomic mass is 16.2. The molecule has 0 saturated carbocycles. The van der Waals surface area contributed by atoms with E-state index in [0.29, 0.717) is 17.7 Å². The van der Waals surface area contributed by atoms with E-state index < -0.39 is 0 Å². The van der Waals surface area contributed by atoms with Gasteiger partial charge in [0.1, 0.15) is 0 Å². The summed E-state index contributed by atoms with van der Waals surface area (Å²) in [6.45, 7) is 6.38. The van der Waals surface area contributed by atoms with Crippen LogP contribution in [0.5, 0.6) is 0 Å². The van der Waals surface area contributed by atoms with Crippen LogP contribution >= 0.6 is 0 Å². The smallest absolute Gasteiger partial charge is 0.253 e. The third kappa shape index (κ3) is 4.91. The Kier molecular flexibility index (Phi) is 6.07. The van der Waals surface area contributed by atoms with Crippen LogP contribution in [0.4, 0.5) is 0 Å². The van der Waals surface area contributed by atoms with E-state index >= 15 is 0 Å². The second kappa shape index (κ2) is 8.24. The molecule has 2 N–H and O–H groups in total. The summed E-state index contributed by atoms with van der Waals surface area (Å²) in [6, 6.07) is 9.59. The summed E-state index contributed by atoms with van der Waals surface area (Å²) in [5.74, 6) is -0.465. The maximum absolute atomic E-state index is 12.3. The molecule has 2 aromatic rings. The van der Waals surface area contributed by atoms with Gasteiger partial charge in [0, 0.05) is 25.0 Å². The van der Waals surface area contributed by atoms with Crippen molar-refractivity contribution in [3.05, 3.63) is 65.0 Å². The zero-order chi connectivity index (χ0) is 17.5. The van der Waals surface area contributed by atoms with Gasteiger partial charge < -0.3 is 10.6 Å². The molecule has 1 atom stereocenters. The molecule has 2 amide bonds. The predicted molar refractivity (Wildman–Crippen MR) is 93.8 cm³/mol. The number of hydrogen-bond donors (Lipinski definition) is 2. The number of hydrogen-bond acceptors (Lipinski definition) is 3. The Bertz CT molecular complexity index is 728. The monoisotopic (exact) mass is 325 g/mol. The minimum atomic E-state index is -0.248. The first kappa shape index (κ1) is 17.7. The molecule has 1 unspecified atom stereocenters. The molecule has 0 saturated heterocycles. The molecule has 5 nitrogen and oxygen atoms in total. The first-order chi connectivity index (χ1) is 11.5. The second-order valence-electron chi connectivity index (χ2n) is 5.92. The maximum Gasteiger partial charge on any atom is 0.253 e. The Morgan fingerprint density at radius 3 is 2.50 bits per heavy atom. The zero-order valence-corrected chi connectivity index (χ0v) is 14.3. The standard InChI is InChI=1S/C19H23N3O2/c1-4-14(3)22-19(24)17-9-16(11-20-12-17)18(23)21-10-15-7-5-6-13(2)8-15/h5-9,11-12,14H,4,10H2,1-3H3,(H,21,23)(H,22,24).